The van der Waals surface area contributed by atoms with E-state index < -0.39 is 5.97 Å². The average molecular weight is 280 g/mol. The number of aromatic nitrogens is 2. The predicted octanol–water partition coefficient (Wildman–Crippen LogP) is 0.547. The normalized spacial score (nSPS) is 19.9. The Bertz CT molecular complexity index is 483. The second-order valence-corrected chi connectivity index (χ2v) is 4.77. The summed E-state index contributed by atoms with van der Waals surface area (Å²) in [6.07, 6.45) is -0.217. The second kappa shape index (κ2) is 6.15. The molecule has 1 atom stereocenters. The number of nitrogens with two attached hydrogens (primary N) is 1. The molecule has 0 radical (unpaired) electrons. The van der Waals surface area contributed by atoms with Crippen molar-refractivity contribution in [1.29, 1.82) is 0 Å². The zero-order valence-electron chi connectivity index (χ0n) is 12.0. The highest BCUT2D eigenvalue weighted by Gasteiger charge is 2.25. The molecule has 20 heavy (non-hydrogen) atoms. The molecular weight excluding hydrogens is 260 g/mol. The fraction of sp³-hybridized carbons (Fsp3) is 0.615. The zero-order valence-corrected chi connectivity index (χ0v) is 12.0. The Morgan fingerprint density at radius 1 is 1.55 bits per heavy atom. The van der Waals surface area contributed by atoms with Gasteiger partial charge in [0.15, 0.2) is 5.82 Å². The minimum absolute atomic E-state index is 0.141. The minimum Gasteiger partial charge on any atom is -0.462 e. The number of nitrogens with zero attached hydrogens (tertiary/aromatic N) is 3. The summed E-state index contributed by atoms with van der Waals surface area (Å²) in [6, 6.07) is 0. The van der Waals surface area contributed by atoms with Crippen molar-refractivity contribution in [2.75, 3.05) is 39.1 Å². The number of anilines is 1. The monoisotopic (exact) mass is 280 g/mol. The van der Waals surface area contributed by atoms with Crippen molar-refractivity contribution < 1.29 is 14.3 Å². The molecule has 1 aliphatic heterocycles. The SMILES string of the molecule is CCOC(=O)c1c(C)nc(C2CN(C)CCO2)nc1N. The second-order valence-electron chi connectivity index (χ2n) is 4.77. The predicted molar refractivity (Wildman–Crippen MR) is 73.3 cm³/mol. The molecule has 1 aromatic rings. The van der Waals surface area contributed by atoms with Crippen LogP contribution in [0.5, 0.6) is 0 Å². The van der Waals surface area contributed by atoms with E-state index >= 15 is 0 Å². The summed E-state index contributed by atoms with van der Waals surface area (Å²) in [5.74, 6) is 0.165. The van der Waals surface area contributed by atoms with Crippen LogP contribution in [-0.4, -0.2) is 54.2 Å². The first-order valence-electron chi connectivity index (χ1n) is 6.64. The lowest BCUT2D eigenvalue weighted by Crippen LogP contribution is -2.36. The Balaban J connectivity index is 2.27. The van der Waals surface area contributed by atoms with E-state index in [2.05, 4.69) is 14.9 Å². The fourth-order valence-electron chi connectivity index (χ4n) is 2.15. The Morgan fingerprint density at radius 2 is 2.30 bits per heavy atom. The molecular formula is C13H20N4O3. The van der Waals surface area contributed by atoms with E-state index in [9.17, 15) is 4.79 Å². The highest BCUT2D eigenvalue weighted by atomic mass is 16.5. The van der Waals surface area contributed by atoms with Gasteiger partial charge in [0.2, 0.25) is 0 Å². The molecule has 1 unspecified atom stereocenters. The molecule has 0 aromatic carbocycles. The number of rotatable bonds is 3. The van der Waals surface area contributed by atoms with E-state index in [0.717, 1.165) is 6.54 Å². The molecule has 1 saturated heterocycles. The number of esters is 1. The van der Waals surface area contributed by atoms with Crippen LogP contribution in [0.2, 0.25) is 0 Å². The van der Waals surface area contributed by atoms with E-state index in [1.54, 1.807) is 13.8 Å². The molecule has 0 amide bonds. The minimum atomic E-state index is -0.490. The summed E-state index contributed by atoms with van der Waals surface area (Å²) in [6.45, 7) is 5.97. The first-order chi connectivity index (χ1) is 9.52. The lowest BCUT2D eigenvalue weighted by molar-refractivity contribution is -0.0255. The number of carbonyl (C=O) groups excluding carboxylic acids is 1. The van der Waals surface area contributed by atoms with Crippen molar-refractivity contribution in [3.05, 3.63) is 17.1 Å². The smallest absolute Gasteiger partial charge is 0.343 e. The number of likely N-dealkylation sites (N-methyl/N-ethyl adjacent to an activating group) is 1. The number of nitrogen functional groups attached to an aromatic ring is 1. The van der Waals surface area contributed by atoms with Gasteiger partial charge < -0.3 is 20.1 Å². The van der Waals surface area contributed by atoms with Crippen molar-refractivity contribution in [3.63, 3.8) is 0 Å². The van der Waals surface area contributed by atoms with Crippen molar-refractivity contribution in [3.8, 4) is 0 Å². The molecule has 110 valence electrons. The highest BCUT2D eigenvalue weighted by Crippen LogP contribution is 2.22. The lowest BCUT2D eigenvalue weighted by atomic mass is 10.2. The number of carbonyl (C=O) groups is 1. The van der Waals surface area contributed by atoms with E-state index in [-0.39, 0.29) is 24.1 Å². The van der Waals surface area contributed by atoms with Gasteiger partial charge >= 0.3 is 5.97 Å². The van der Waals surface area contributed by atoms with E-state index in [0.29, 0.717) is 24.7 Å². The first kappa shape index (κ1) is 14.7. The Morgan fingerprint density at radius 3 is 2.90 bits per heavy atom. The number of ether oxygens (including phenoxy) is 2. The van der Waals surface area contributed by atoms with Gasteiger partial charge in [0.25, 0.3) is 0 Å². The van der Waals surface area contributed by atoms with Crippen LogP contribution in [-0.2, 0) is 9.47 Å². The molecule has 2 N–H and O–H groups in total. The number of aryl methyl sites for hydroxylation is 1. The third kappa shape index (κ3) is 3.05. The van der Waals surface area contributed by atoms with Gasteiger partial charge in [-0.15, -0.1) is 0 Å². The van der Waals surface area contributed by atoms with E-state index in [4.69, 9.17) is 15.2 Å². The van der Waals surface area contributed by atoms with Gasteiger partial charge in [0.05, 0.1) is 18.9 Å². The number of hydrogen-bond acceptors (Lipinski definition) is 7. The molecule has 2 rings (SSSR count). The molecule has 7 nitrogen and oxygen atoms in total. The quantitative estimate of drug-likeness (QED) is 0.808. The van der Waals surface area contributed by atoms with Crippen molar-refractivity contribution >= 4 is 11.8 Å². The summed E-state index contributed by atoms with van der Waals surface area (Å²) in [7, 11) is 2.01. The summed E-state index contributed by atoms with van der Waals surface area (Å²) >= 11 is 0. The lowest BCUT2D eigenvalue weighted by Gasteiger charge is -2.29. The maximum atomic E-state index is 11.8. The van der Waals surface area contributed by atoms with Crippen molar-refractivity contribution in [1.82, 2.24) is 14.9 Å². The average Bonchev–Trinajstić information content (AvgIpc) is 2.38. The molecule has 2 heterocycles. The first-order valence-corrected chi connectivity index (χ1v) is 6.64. The topological polar surface area (TPSA) is 90.6 Å². The summed E-state index contributed by atoms with van der Waals surface area (Å²) in [4.78, 5) is 22.5. The maximum absolute atomic E-state index is 11.8. The van der Waals surface area contributed by atoms with Gasteiger partial charge in [-0.05, 0) is 20.9 Å². The summed E-state index contributed by atoms with van der Waals surface area (Å²) in [5.41, 5.74) is 6.63. The van der Waals surface area contributed by atoms with Gasteiger partial charge in [-0.3, -0.25) is 0 Å². The van der Waals surface area contributed by atoms with Crippen LogP contribution in [0.15, 0.2) is 0 Å². The Labute approximate surface area is 118 Å². The third-order valence-electron chi connectivity index (χ3n) is 3.17. The van der Waals surface area contributed by atoms with Crippen LogP contribution in [0.25, 0.3) is 0 Å². The molecule has 1 aliphatic rings. The molecule has 0 saturated carbocycles. The molecule has 1 aromatic heterocycles. The maximum Gasteiger partial charge on any atom is 0.343 e. The molecule has 1 fully saturated rings. The van der Waals surface area contributed by atoms with Gasteiger partial charge in [0.1, 0.15) is 17.5 Å². The van der Waals surface area contributed by atoms with E-state index in [1.807, 2.05) is 7.05 Å². The zero-order chi connectivity index (χ0) is 14.7. The van der Waals surface area contributed by atoms with E-state index in [1.165, 1.54) is 0 Å². The third-order valence-corrected chi connectivity index (χ3v) is 3.17. The largest absolute Gasteiger partial charge is 0.462 e. The van der Waals surface area contributed by atoms with Crippen molar-refractivity contribution in [2.24, 2.45) is 0 Å². The van der Waals surface area contributed by atoms with Crippen LogP contribution < -0.4 is 5.73 Å². The van der Waals surface area contributed by atoms with Crippen LogP contribution in [0, 0.1) is 6.92 Å². The molecule has 0 bridgehead atoms. The van der Waals surface area contributed by atoms with Gasteiger partial charge in [0, 0.05) is 13.1 Å². The Hall–Kier alpha value is -1.73. The van der Waals surface area contributed by atoms with Crippen LogP contribution >= 0.6 is 0 Å². The van der Waals surface area contributed by atoms with Crippen LogP contribution in [0.1, 0.15) is 34.9 Å². The number of morpholine rings is 1. The highest BCUT2D eigenvalue weighted by molar-refractivity contribution is 5.95. The van der Waals surface area contributed by atoms with Crippen LogP contribution in [0.4, 0.5) is 5.82 Å². The standard InChI is InChI=1S/C13H20N4O3/c1-4-19-13(18)10-8(2)15-12(16-11(10)14)9-7-17(3)5-6-20-9/h9H,4-7H2,1-3H3,(H2,14,15,16). The Kier molecular flexibility index (Phi) is 4.51. The molecule has 7 heteroatoms. The summed E-state index contributed by atoms with van der Waals surface area (Å²) < 4.78 is 10.6. The van der Waals surface area contributed by atoms with Crippen LogP contribution in [0.3, 0.4) is 0 Å². The van der Waals surface area contributed by atoms with Gasteiger partial charge in [-0.25, -0.2) is 14.8 Å². The fourth-order valence-corrected chi connectivity index (χ4v) is 2.15. The molecule has 0 spiro atoms. The van der Waals surface area contributed by atoms with Crippen molar-refractivity contribution in [2.45, 2.75) is 20.0 Å². The molecule has 0 aliphatic carbocycles. The van der Waals surface area contributed by atoms with Gasteiger partial charge in [-0.2, -0.15) is 0 Å². The summed E-state index contributed by atoms with van der Waals surface area (Å²) in [5, 5.41) is 0. The number of hydrogen-bond donors (Lipinski definition) is 1. The van der Waals surface area contributed by atoms with Gasteiger partial charge in [-0.1, -0.05) is 0 Å².